The molecule has 0 saturated heterocycles. The molecule has 0 aromatic heterocycles. The molecule has 64 valence electrons. The maximum Gasteiger partial charge on any atom is -0.000365 e. The molecule has 0 aromatic carbocycles. The third kappa shape index (κ3) is 1.99. The summed E-state index contributed by atoms with van der Waals surface area (Å²) in [7, 11) is 0. The van der Waals surface area contributed by atoms with E-state index in [1.54, 1.807) is 0 Å². The van der Waals surface area contributed by atoms with Gasteiger partial charge in [0.2, 0.25) is 0 Å². The topological polar surface area (TPSA) is 0 Å². The Morgan fingerprint density at radius 1 is 1.58 bits per heavy atom. The Hall–Kier alpha value is -1.00. The molecule has 1 rings (SSSR count). The number of allylic oxidation sites excluding steroid dienone is 4. The monoisotopic (exact) mass is 160 g/mol. The lowest BCUT2D eigenvalue weighted by Gasteiger charge is -2.23. The first-order valence-corrected chi connectivity index (χ1v) is 4.41. The van der Waals surface area contributed by atoms with Gasteiger partial charge in [0.05, 0.1) is 0 Å². The summed E-state index contributed by atoms with van der Waals surface area (Å²) in [6.07, 6.45) is 10.4. The summed E-state index contributed by atoms with van der Waals surface area (Å²) in [5.74, 6) is 0. The van der Waals surface area contributed by atoms with Crippen molar-refractivity contribution in [2.24, 2.45) is 5.41 Å². The molecule has 0 heterocycles. The third-order valence-corrected chi connectivity index (χ3v) is 2.30. The largest absolute Gasteiger partial charge is 0.117 e. The number of hydrogen-bond donors (Lipinski definition) is 0. The minimum Gasteiger partial charge on any atom is -0.117 e. The van der Waals surface area contributed by atoms with Gasteiger partial charge < -0.3 is 0 Å². The van der Waals surface area contributed by atoms with Crippen molar-refractivity contribution in [3.05, 3.63) is 42.2 Å². The molecule has 0 spiro atoms. The van der Waals surface area contributed by atoms with Crippen molar-refractivity contribution in [3.8, 4) is 0 Å². The third-order valence-electron chi connectivity index (χ3n) is 2.30. The molecule has 0 unspecified atom stereocenters. The Morgan fingerprint density at radius 2 is 2.33 bits per heavy atom. The van der Waals surface area contributed by atoms with Crippen LogP contribution in [0.4, 0.5) is 0 Å². The Morgan fingerprint density at radius 3 is 2.83 bits per heavy atom. The number of hydrogen-bond acceptors (Lipinski definition) is 0. The van der Waals surface area contributed by atoms with E-state index in [9.17, 15) is 0 Å². The fraction of sp³-hybridized carbons (Fsp3) is 0.417. The van der Waals surface area contributed by atoms with Crippen LogP contribution in [0.1, 0.15) is 26.7 Å². The second-order valence-electron chi connectivity index (χ2n) is 3.80. The smallest absolute Gasteiger partial charge is 0.000365 e. The minimum absolute atomic E-state index is 0.248. The van der Waals surface area contributed by atoms with Gasteiger partial charge in [-0.05, 0) is 29.9 Å². The molecule has 0 heteroatoms. The van der Waals surface area contributed by atoms with Gasteiger partial charge in [-0.1, -0.05) is 32.1 Å². The summed E-state index contributed by atoms with van der Waals surface area (Å²) in [5.41, 5.74) is 4.81. The highest BCUT2D eigenvalue weighted by atomic mass is 14.2. The molecule has 0 nitrogen and oxygen atoms in total. The van der Waals surface area contributed by atoms with Gasteiger partial charge in [-0.2, -0.15) is 0 Å². The first-order chi connectivity index (χ1) is 5.67. The van der Waals surface area contributed by atoms with Crippen molar-refractivity contribution < 1.29 is 0 Å². The highest BCUT2D eigenvalue weighted by Crippen LogP contribution is 2.33. The summed E-state index contributed by atoms with van der Waals surface area (Å²) in [5, 5.41) is 0. The van der Waals surface area contributed by atoms with E-state index in [0.29, 0.717) is 0 Å². The first-order valence-electron chi connectivity index (χ1n) is 4.41. The van der Waals surface area contributed by atoms with E-state index in [0.717, 1.165) is 12.8 Å². The van der Waals surface area contributed by atoms with Crippen LogP contribution in [0.5, 0.6) is 0 Å². The van der Waals surface area contributed by atoms with Gasteiger partial charge in [0, 0.05) is 0 Å². The minimum atomic E-state index is 0.248. The van der Waals surface area contributed by atoms with E-state index in [1.165, 1.54) is 5.57 Å². The Bertz CT molecular complexity index is 258. The van der Waals surface area contributed by atoms with Gasteiger partial charge in [0.25, 0.3) is 0 Å². The second-order valence-corrected chi connectivity index (χ2v) is 3.80. The summed E-state index contributed by atoms with van der Waals surface area (Å²) in [6, 6.07) is 0. The number of rotatable bonds is 4. The Labute approximate surface area is 75.0 Å². The molecule has 1 aliphatic rings. The summed E-state index contributed by atoms with van der Waals surface area (Å²) in [6.45, 7) is 8.24. The summed E-state index contributed by atoms with van der Waals surface area (Å²) < 4.78 is 0. The van der Waals surface area contributed by atoms with Crippen LogP contribution in [0, 0.1) is 5.41 Å². The van der Waals surface area contributed by atoms with Crippen molar-refractivity contribution in [1.82, 2.24) is 0 Å². The van der Waals surface area contributed by atoms with E-state index in [-0.39, 0.29) is 5.41 Å². The molecule has 0 aromatic rings. The average molecular weight is 160 g/mol. The fourth-order valence-corrected chi connectivity index (χ4v) is 1.35. The van der Waals surface area contributed by atoms with E-state index in [2.05, 4.69) is 32.2 Å². The standard InChI is InChI=1S/C12H16/c1-4-5-10-12(2,3)11-8-6-7-9-11/h4,6-8H,1,5,10H2,2-3H3. The van der Waals surface area contributed by atoms with Crippen LogP contribution < -0.4 is 0 Å². The first kappa shape index (κ1) is 9.09. The van der Waals surface area contributed by atoms with Crippen molar-refractivity contribution in [1.29, 1.82) is 0 Å². The fourth-order valence-electron chi connectivity index (χ4n) is 1.35. The molecular weight excluding hydrogens is 144 g/mol. The molecule has 0 aliphatic heterocycles. The lowest BCUT2D eigenvalue weighted by molar-refractivity contribution is 0.423. The molecule has 0 fully saturated rings. The molecule has 0 atom stereocenters. The van der Waals surface area contributed by atoms with Crippen LogP contribution in [0.15, 0.2) is 42.2 Å². The predicted molar refractivity (Wildman–Crippen MR) is 53.9 cm³/mol. The van der Waals surface area contributed by atoms with Crippen molar-refractivity contribution >= 4 is 0 Å². The molecule has 0 N–H and O–H groups in total. The summed E-state index contributed by atoms with van der Waals surface area (Å²) in [4.78, 5) is 0. The van der Waals surface area contributed by atoms with Crippen LogP contribution in [0.3, 0.4) is 0 Å². The summed E-state index contributed by atoms with van der Waals surface area (Å²) >= 11 is 0. The molecule has 0 bridgehead atoms. The van der Waals surface area contributed by atoms with Gasteiger partial charge in [0.15, 0.2) is 0 Å². The van der Waals surface area contributed by atoms with E-state index < -0.39 is 0 Å². The van der Waals surface area contributed by atoms with E-state index in [1.807, 2.05) is 18.2 Å². The van der Waals surface area contributed by atoms with Gasteiger partial charge >= 0.3 is 0 Å². The van der Waals surface area contributed by atoms with E-state index >= 15 is 0 Å². The van der Waals surface area contributed by atoms with Crippen LogP contribution in [-0.4, -0.2) is 0 Å². The lowest BCUT2D eigenvalue weighted by atomic mass is 9.81. The zero-order chi connectivity index (χ0) is 9.03. The second kappa shape index (κ2) is 3.60. The normalized spacial score (nSPS) is 15.0. The zero-order valence-electron chi connectivity index (χ0n) is 7.93. The SMILES string of the molecule is C=CCCC(C)(C)C1=C=CC=C1. The Balaban J connectivity index is 2.64. The quantitative estimate of drug-likeness (QED) is 0.435. The zero-order valence-corrected chi connectivity index (χ0v) is 7.93. The molecule has 0 saturated carbocycles. The predicted octanol–water partition coefficient (Wildman–Crippen LogP) is 3.63. The van der Waals surface area contributed by atoms with Gasteiger partial charge in [-0.3, -0.25) is 0 Å². The molecule has 12 heavy (non-hydrogen) atoms. The van der Waals surface area contributed by atoms with Gasteiger partial charge in [0.1, 0.15) is 0 Å². The van der Waals surface area contributed by atoms with Crippen molar-refractivity contribution in [3.63, 3.8) is 0 Å². The van der Waals surface area contributed by atoms with Crippen LogP contribution >= 0.6 is 0 Å². The van der Waals surface area contributed by atoms with Crippen LogP contribution in [0.25, 0.3) is 0 Å². The van der Waals surface area contributed by atoms with Crippen LogP contribution in [-0.2, 0) is 0 Å². The maximum absolute atomic E-state index is 3.73. The van der Waals surface area contributed by atoms with Crippen molar-refractivity contribution in [2.75, 3.05) is 0 Å². The van der Waals surface area contributed by atoms with Gasteiger partial charge in [-0.25, -0.2) is 0 Å². The molecular formula is C12H16. The Kier molecular flexibility index (Phi) is 2.73. The van der Waals surface area contributed by atoms with Gasteiger partial charge in [-0.15, -0.1) is 12.3 Å². The highest BCUT2D eigenvalue weighted by molar-refractivity contribution is 5.33. The lowest BCUT2D eigenvalue weighted by Crippen LogP contribution is -2.11. The average Bonchev–Trinajstić information content (AvgIpc) is 2.53. The van der Waals surface area contributed by atoms with E-state index in [4.69, 9.17) is 0 Å². The highest BCUT2D eigenvalue weighted by Gasteiger charge is 2.20. The molecule has 0 amide bonds. The molecule has 1 aliphatic carbocycles. The molecule has 0 radical (unpaired) electrons. The van der Waals surface area contributed by atoms with Crippen LogP contribution in [0.2, 0.25) is 0 Å². The van der Waals surface area contributed by atoms with Crippen molar-refractivity contribution in [2.45, 2.75) is 26.7 Å². The maximum atomic E-state index is 3.73.